The largest absolute Gasteiger partial charge is 0.508 e. The maximum atomic E-state index is 15.4. The molecule has 0 unspecified atom stereocenters. The van der Waals surface area contributed by atoms with Gasteiger partial charge in [-0.25, -0.2) is 9.59 Å². The average Bonchev–Trinajstić information content (AvgIpc) is 1.45. The van der Waals surface area contributed by atoms with E-state index in [1.807, 2.05) is 18.2 Å². The summed E-state index contributed by atoms with van der Waals surface area (Å²) in [6, 6.07) is 1.24. The number of carbonyl (C=O) groups excluding carboxylic acids is 16. The van der Waals surface area contributed by atoms with Crippen LogP contribution in [0.2, 0.25) is 0 Å². The number of primary amides is 3. The van der Waals surface area contributed by atoms with E-state index in [0.717, 1.165) is 10.8 Å². The van der Waals surface area contributed by atoms with Crippen molar-refractivity contribution in [2.75, 3.05) is 70.4 Å². The molecule has 4 aromatic carbocycles. The minimum atomic E-state index is -1.65. The highest BCUT2D eigenvalue weighted by atomic mass is 32.1. The number of phenolic OH excluding ortho intramolecular Hbond substituents is 2. The molecule has 0 aliphatic carbocycles. The molecule has 1 aliphatic rings. The zero-order valence-electron chi connectivity index (χ0n) is 79.8. The summed E-state index contributed by atoms with van der Waals surface area (Å²) in [7, 11) is 0. The minimum absolute atomic E-state index is 0.00174. The molecule has 0 saturated carbocycles. The molecule has 1 heterocycles. The van der Waals surface area contributed by atoms with Crippen LogP contribution in [-0.4, -0.2) is 289 Å². The number of benzene rings is 4. The highest BCUT2D eigenvalue weighted by molar-refractivity contribution is 7.80. The number of nitrogens with two attached hydrogens (primary N) is 10. The van der Waals surface area contributed by atoms with Crippen LogP contribution in [0.1, 0.15) is 145 Å². The second-order valence-electron chi connectivity index (χ2n) is 34.3. The predicted octanol–water partition coefficient (Wildman–Crippen LogP) is -7.03. The van der Waals surface area contributed by atoms with E-state index in [1.54, 1.807) is 24.3 Å². The molecule has 1 saturated heterocycles. The summed E-state index contributed by atoms with van der Waals surface area (Å²) in [5, 5.41) is 99.8. The van der Waals surface area contributed by atoms with Crippen LogP contribution in [0.4, 0.5) is 9.59 Å². The van der Waals surface area contributed by atoms with Crippen molar-refractivity contribution in [2.24, 2.45) is 57.3 Å². The molecule has 44 N–H and O–H groups in total. The van der Waals surface area contributed by atoms with E-state index in [4.69, 9.17) is 79.0 Å². The van der Waals surface area contributed by atoms with E-state index in [1.165, 1.54) is 53.4 Å². The third-order valence-corrected chi connectivity index (χ3v) is 23.7. The number of hydrogen-bond acceptors (Lipinski definition) is 27. The van der Waals surface area contributed by atoms with Gasteiger partial charge in [-0.2, -0.15) is 25.3 Å². The molecular formula is C90H143N33O18S2. The molecule has 0 bridgehead atoms. The maximum Gasteiger partial charge on any atom is 0.312 e. The van der Waals surface area contributed by atoms with Gasteiger partial charge in [-0.1, -0.05) is 66.7 Å². The lowest BCUT2D eigenvalue weighted by Crippen LogP contribution is -2.61. The lowest BCUT2D eigenvalue weighted by molar-refractivity contribution is -0.142. The Morgan fingerprint density at radius 1 is 0.336 bits per heavy atom. The first-order chi connectivity index (χ1) is 68.1. The predicted molar refractivity (Wildman–Crippen MR) is 540 cm³/mol. The Morgan fingerprint density at radius 3 is 1.00 bits per heavy atom. The first-order valence-corrected chi connectivity index (χ1v) is 48.4. The molecule has 51 nitrogen and oxygen atoms in total. The Hall–Kier alpha value is -14.5. The first kappa shape index (κ1) is 119. The third kappa shape index (κ3) is 44.9. The second-order valence-corrected chi connectivity index (χ2v) is 35.0. The van der Waals surface area contributed by atoms with Crippen LogP contribution in [0.3, 0.4) is 0 Å². The van der Waals surface area contributed by atoms with Crippen molar-refractivity contribution in [1.82, 2.24) is 101 Å². The SMILES string of the molecule is N=C(N)NCCC[C@H](NC(=O)[C@H](CS)NC(=O)[C@H](CCCNC(N)=O)NC(=O)[C@H](CCCNC(=N)N)NC(=O)[C@H](Cc1ccc(O)cc1)NC(=O)[C@@H]1CCCN1C(=O)[C@@H](CCCCN)NC(=O)[C@H](CCCCN)NC(=O)[C@H](CCCNC(N)=O)NC(=O)[C@H](Cc1ccc(O)cc1)NC(=O)[C@H](CS)NC(=O)[C@H](Cc1ccc2ccccc2c1)NC(=O)[C@H](CCCNC(=N)N)NC(=O)[C@@H](N)CCCNC(=N)N)C(N)=O. The van der Waals surface area contributed by atoms with Gasteiger partial charge in [-0.3, -0.25) is 88.8 Å². The zero-order chi connectivity index (χ0) is 106. The molecule has 18 amide bonds. The van der Waals surface area contributed by atoms with E-state index in [2.05, 4.69) is 121 Å². The van der Waals surface area contributed by atoms with E-state index in [9.17, 15) is 58.2 Å². The van der Waals surface area contributed by atoms with Crippen molar-refractivity contribution in [1.29, 1.82) is 21.6 Å². The Bertz CT molecular complexity index is 4940. The fourth-order valence-corrected chi connectivity index (χ4v) is 15.8. The number of fused-ring (bicyclic) bond motifs is 1. The number of urea groups is 2. The van der Waals surface area contributed by atoms with Crippen molar-refractivity contribution in [3.63, 3.8) is 0 Å². The highest BCUT2D eigenvalue weighted by Crippen LogP contribution is 2.24. The molecule has 14 atom stereocenters. The van der Waals surface area contributed by atoms with Crippen molar-refractivity contribution in [2.45, 2.75) is 232 Å². The topological polar surface area (TPSA) is 889 Å². The van der Waals surface area contributed by atoms with Crippen LogP contribution in [0, 0.1) is 21.6 Å². The zero-order valence-corrected chi connectivity index (χ0v) is 81.6. The lowest BCUT2D eigenvalue weighted by Gasteiger charge is -2.31. The normalized spacial score (nSPS) is 14.8. The molecular weight excluding hydrogens is 1900 g/mol. The quantitative estimate of drug-likeness (QED) is 0.00845. The summed E-state index contributed by atoms with van der Waals surface area (Å²) < 4.78 is 0. The van der Waals surface area contributed by atoms with E-state index < -0.39 is 191 Å². The van der Waals surface area contributed by atoms with Crippen molar-refractivity contribution >= 4 is 155 Å². The van der Waals surface area contributed by atoms with Gasteiger partial charge in [0.1, 0.15) is 90.0 Å². The first-order valence-electron chi connectivity index (χ1n) is 47.2. The van der Waals surface area contributed by atoms with Gasteiger partial charge in [0.15, 0.2) is 23.8 Å². The van der Waals surface area contributed by atoms with Crippen LogP contribution in [-0.2, 0) is 86.4 Å². The highest BCUT2D eigenvalue weighted by Gasteiger charge is 2.42. The Balaban J connectivity index is 1.47. The molecule has 1 fully saturated rings. The molecule has 0 spiro atoms. The third-order valence-electron chi connectivity index (χ3n) is 22.9. The molecule has 143 heavy (non-hydrogen) atoms. The van der Waals surface area contributed by atoms with Crippen molar-refractivity contribution < 1.29 is 86.9 Å². The number of likely N-dealkylation sites (tertiary alicyclic amines) is 1. The fraction of sp³-hybridized carbons (Fsp3) is 0.533. The molecule has 788 valence electrons. The smallest absolute Gasteiger partial charge is 0.312 e. The minimum Gasteiger partial charge on any atom is -0.508 e. The summed E-state index contributed by atoms with van der Waals surface area (Å²) in [6.07, 6.45) is 0.0777. The number of nitrogens with one attached hydrogen (secondary N) is 22. The van der Waals surface area contributed by atoms with Crippen LogP contribution in [0.15, 0.2) is 91.0 Å². The van der Waals surface area contributed by atoms with E-state index in [0.29, 0.717) is 36.0 Å². The van der Waals surface area contributed by atoms with Gasteiger partial charge >= 0.3 is 12.1 Å². The van der Waals surface area contributed by atoms with Crippen LogP contribution < -0.4 is 153 Å². The number of rotatable bonds is 66. The number of unbranched alkanes of at least 4 members (excludes halogenated alkanes) is 2. The molecule has 1 aliphatic heterocycles. The number of phenols is 2. The van der Waals surface area contributed by atoms with Crippen LogP contribution in [0.5, 0.6) is 11.5 Å². The monoisotopic (exact) mass is 2040 g/mol. The maximum absolute atomic E-state index is 15.4. The Labute approximate surface area is 838 Å². The summed E-state index contributed by atoms with van der Waals surface area (Å²) >= 11 is 8.71. The van der Waals surface area contributed by atoms with Gasteiger partial charge in [-0.15, -0.1) is 0 Å². The number of carbonyl (C=O) groups is 16. The lowest BCUT2D eigenvalue weighted by atomic mass is 10.00. The molecule has 53 heteroatoms. The summed E-state index contributed by atoms with van der Waals surface area (Å²) in [5.41, 5.74) is 57.7. The van der Waals surface area contributed by atoms with Crippen LogP contribution >= 0.6 is 25.3 Å². The summed E-state index contributed by atoms with van der Waals surface area (Å²) in [4.78, 5) is 230. The molecule has 4 aromatic rings. The number of aromatic hydroxyl groups is 2. The van der Waals surface area contributed by atoms with Gasteiger partial charge < -0.3 is 168 Å². The van der Waals surface area contributed by atoms with Gasteiger partial charge in [0.05, 0.1) is 6.04 Å². The molecule has 0 aromatic heterocycles. The van der Waals surface area contributed by atoms with Crippen molar-refractivity contribution in [3.8, 4) is 11.5 Å². The van der Waals surface area contributed by atoms with Crippen LogP contribution in [0.25, 0.3) is 10.8 Å². The van der Waals surface area contributed by atoms with E-state index in [-0.39, 0.29) is 222 Å². The average molecular weight is 2040 g/mol. The van der Waals surface area contributed by atoms with E-state index >= 15 is 28.8 Å². The number of guanidine groups is 4. The van der Waals surface area contributed by atoms with Gasteiger partial charge in [0.25, 0.3) is 0 Å². The van der Waals surface area contributed by atoms with Gasteiger partial charge in [0.2, 0.25) is 82.7 Å². The van der Waals surface area contributed by atoms with Gasteiger partial charge in [-0.05, 0) is 193 Å². The summed E-state index contributed by atoms with van der Waals surface area (Å²) in [6.45, 7) is 0.358. The molecule has 5 rings (SSSR count). The number of amides is 18. The number of nitrogens with zero attached hydrogens (tertiary/aromatic N) is 1. The second kappa shape index (κ2) is 64.1. The van der Waals surface area contributed by atoms with Crippen molar-refractivity contribution in [3.05, 3.63) is 108 Å². The number of thiol groups is 2. The molecule has 0 radical (unpaired) electrons. The Morgan fingerprint density at radius 2 is 0.629 bits per heavy atom. The number of hydrogen-bond donors (Lipinski definition) is 36. The Kier molecular flexibility index (Phi) is 53.3. The summed E-state index contributed by atoms with van der Waals surface area (Å²) in [5.74, 6) is -15.5. The van der Waals surface area contributed by atoms with Gasteiger partial charge in [0, 0.05) is 76.6 Å². The standard InChI is InChI=1S/C90H143N33O18S2/c91-35-5-3-17-59(113-73(128)62(22-11-41-109-89(103)140)115-78(133)65(45-50-26-31-55(124)32-27-50)119-82(137)69(49-143)122-80(135)67(47-52-25-30-53-14-1-2-15-54(53)44-52)118-76(131)60(20-9-39-107-87(99)100)112-72(127)57(93)16-7-37-105-85(95)96)75(130)117-64(18-4-6-36-92)84(139)123-43-13-24-70(123)83(138)120-66(46-51-28-33-56(125)34-29-51)79(134)116-61(21-10-40-108-88(101)102)74(129)114-63(23-12-42-110-90(104)141)77(132)121-68(48-142)81(136)111-58(71(94)126)19-8-38-106-86(97)98/h1-2,14-15,25-34,44,57-70,124-125,142-143H,3-13,16-24,35-43,45-49,91-93H2,(H2,94,126)(H,111,136)(H,112,127)(H,113,128)(H,114,129)(H,115,133)(H,116,134)(H,117,130)(H,118,131)(H,119,137)(H,120,138)(H,121,132)(H,122,135)(H4,95,96,105)(H4,97,98,106)(H4,99,100,107)(H4,101,102,108)(H3,103,109,140)(H3,104,110,141)/t57-,58-,59-,60-,61-,62-,63-,64+,65-,66-,67-,68-,69-,70-/m0/s1. The fourth-order valence-electron chi connectivity index (χ4n) is 15.3.